The van der Waals surface area contributed by atoms with Crippen LogP contribution >= 0.6 is 0 Å². The summed E-state index contributed by atoms with van der Waals surface area (Å²) in [6.45, 7) is 0.852. The molecule has 0 heterocycles. The van der Waals surface area contributed by atoms with Crippen LogP contribution < -0.4 is 15.4 Å². The Hall–Kier alpha value is -2.04. The van der Waals surface area contributed by atoms with Crippen molar-refractivity contribution in [2.24, 2.45) is 5.92 Å². The largest absolute Gasteiger partial charge is 0.496 e. The van der Waals surface area contributed by atoms with Gasteiger partial charge in [0.05, 0.1) is 7.11 Å². The minimum absolute atomic E-state index is 0.277. The molecule has 0 atom stereocenters. The molecule has 2 amide bonds. The van der Waals surface area contributed by atoms with E-state index in [2.05, 4.69) is 10.6 Å². The molecule has 0 bridgehead atoms. The zero-order chi connectivity index (χ0) is 16.5. The summed E-state index contributed by atoms with van der Waals surface area (Å²) in [6, 6.07) is 7.42. The van der Waals surface area contributed by atoms with Gasteiger partial charge in [0.25, 0.3) is 0 Å². The number of nitrogens with one attached hydrogen (secondary N) is 2. The van der Waals surface area contributed by atoms with E-state index in [-0.39, 0.29) is 6.54 Å². The van der Waals surface area contributed by atoms with E-state index >= 15 is 0 Å². The lowest BCUT2D eigenvalue weighted by atomic mass is 9.87. The van der Waals surface area contributed by atoms with E-state index in [1.165, 1.54) is 32.1 Å². The monoisotopic (exact) mass is 318 g/mol. The van der Waals surface area contributed by atoms with E-state index in [0.29, 0.717) is 18.2 Å². The highest BCUT2D eigenvalue weighted by molar-refractivity contribution is 6.35. The molecule has 2 rings (SSSR count). The molecule has 2 N–H and O–H groups in total. The summed E-state index contributed by atoms with van der Waals surface area (Å²) >= 11 is 0. The van der Waals surface area contributed by atoms with Crippen molar-refractivity contribution >= 4 is 11.8 Å². The normalized spacial score (nSPS) is 15.0. The van der Waals surface area contributed by atoms with Crippen molar-refractivity contribution in [2.75, 3.05) is 13.7 Å². The minimum atomic E-state index is -0.598. The quantitative estimate of drug-likeness (QED) is 0.792. The van der Waals surface area contributed by atoms with Crippen molar-refractivity contribution in [1.29, 1.82) is 0 Å². The van der Waals surface area contributed by atoms with Crippen LogP contribution in [-0.2, 0) is 16.1 Å². The lowest BCUT2D eigenvalue weighted by Crippen LogP contribution is -2.40. The van der Waals surface area contributed by atoms with Gasteiger partial charge < -0.3 is 15.4 Å². The number of rotatable bonds is 6. The summed E-state index contributed by atoms with van der Waals surface area (Å²) in [5, 5.41) is 5.34. The Morgan fingerprint density at radius 2 is 1.78 bits per heavy atom. The van der Waals surface area contributed by atoms with Crippen LogP contribution in [0.2, 0.25) is 0 Å². The second-order valence-corrected chi connectivity index (χ2v) is 6.04. The summed E-state index contributed by atoms with van der Waals surface area (Å²) < 4.78 is 5.22. The van der Waals surface area contributed by atoms with Gasteiger partial charge in [-0.25, -0.2) is 0 Å². The van der Waals surface area contributed by atoms with Gasteiger partial charge in [-0.1, -0.05) is 50.3 Å². The van der Waals surface area contributed by atoms with Crippen LogP contribution in [0.1, 0.15) is 44.1 Å². The van der Waals surface area contributed by atoms with Crippen LogP contribution in [0.25, 0.3) is 0 Å². The maximum atomic E-state index is 11.8. The zero-order valence-corrected chi connectivity index (χ0v) is 13.8. The molecule has 1 aromatic rings. The van der Waals surface area contributed by atoms with Crippen LogP contribution in [0.3, 0.4) is 0 Å². The molecular formula is C18H26N2O3. The van der Waals surface area contributed by atoms with Crippen LogP contribution in [0.4, 0.5) is 0 Å². The van der Waals surface area contributed by atoms with Crippen molar-refractivity contribution in [2.45, 2.75) is 45.1 Å². The smallest absolute Gasteiger partial charge is 0.309 e. The van der Waals surface area contributed by atoms with Crippen molar-refractivity contribution in [3.63, 3.8) is 0 Å². The average Bonchev–Trinajstić information content (AvgIpc) is 2.60. The van der Waals surface area contributed by atoms with Crippen LogP contribution in [-0.4, -0.2) is 25.5 Å². The molecule has 1 aliphatic rings. The molecule has 23 heavy (non-hydrogen) atoms. The summed E-state index contributed by atoms with van der Waals surface area (Å²) in [5.41, 5.74) is 0.846. The standard InChI is InChI=1S/C18H26N2O3/c1-23-16-10-6-5-9-15(16)13-20-18(22)17(21)19-12-11-14-7-3-2-4-8-14/h5-6,9-10,14H,2-4,7-8,11-13H2,1H3,(H,19,21)(H,20,22). The third kappa shape index (κ3) is 5.58. The number of ether oxygens (including phenoxy) is 1. The molecule has 0 aliphatic heterocycles. The molecule has 0 aromatic heterocycles. The maximum Gasteiger partial charge on any atom is 0.309 e. The van der Waals surface area contributed by atoms with Gasteiger partial charge in [-0.05, 0) is 18.4 Å². The molecule has 126 valence electrons. The molecule has 1 aliphatic carbocycles. The van der Waals surface area contributed by atoms with Crippen molar-refractivity contribution < 1.29 is 14.3 Å². The summed E-state index contributed by atoms with van der Waals surface area (Å²) in [7, 11) is 1.58. The Labute approximate surface area is 137 Å². The van der Waals surface area contributed by atoms with Crippen LogP contribution in [0.15, 0.2) is 24.3 Å². The SMILES string of the molecule is COc1ccccc1CNC(=O)C(=O)NCCC1CCCCC1. The molecule has 0 spiro atoms. The summed E-state index contributed by atoms with van der Waals surface area (Å²) in [4.78, 5) is 23.6. The third-order valence-corrected chi connectivity index (χ3v) is 4.40. The van der Waals surface area contributed by atoms with Gasteiger partial charge in [0.15, 0.2) is 0 Å². The fourth-order valence-electron chi connectivity index (χ4n) is 3.05. The number of hydrogen-bond donors (Lipinski definition) is 2. The van der Waals surface area contributed by atoms with E-state index in [4.69, 9.17) is 4.74 Å². The summed E-state index contributed by atoms with van der Waals surface area (Å²) in [6.07, 6.45) is 7.36. The lowest BCUT2D eigenvalue weighted by molar-refractivity contribution is -0.139. The highest BCUT2D eigenvalue weighted by Crippen LogP contribution is 2.25. The predicted octanol–water partition coefficient (Wildman–Crippen LogP) is 2.40. The highest BCUT2D eigenvalue weighted by atomic mass is 16.5. The van der Waals surface area contributed by atoms with Crippen molar-refractivity contribution in [3.05, 3.63) is 29.8 Å². The first kappa shape index (κ1) is 17.3. The Kier molecular flexibility index (Phi) is 6.91. The average molecular weight is 318 g/mol. The number of amides is 2. The molecule has 0 saturated heterocycles. The van der Waals surface area contributed by atoms with E-state index in [9.17, 15) is 9.59 Å². The molecule has 1 fully saturated rings. The topological polar surface area (TPSA) is 67.4 Å². The van der Waals surface area contributed by atoms with Gasteiger partial charge >= 0.3 is 11.8 Å². The van der Waals surface area contributed by atoms with Gasteiger partial charge in [0.2, 0.25) is 0 Å². The first-order valence-corrected chi connectivity index (χ1v) is 8.38. The second-order valence-electron chi connectivity index (χ2n) is 6.04. The summed E-state index contributed by atoms with van der Waals surface area (Å²) in [5.74, 6) is 0.237. The Bertz CT molecular complexity index is 525. The van der Waals surface area contributed by atoms with Gasteiger partial charge in [0.1, 0.15) is 5.75 Å². The van der Waals surface area contributed by atoms with E-state index in [1.807, 2.05) is 24.3 Å². The number of para-hydroxylation sites is 1. The fourth-order valence-corrected chi connectivity index (χ4v) is 3.05. The van der Waals surface area contributed by atoms with Crippen molar-refractivity contribution in [1.82, 2.24) is 10.6 Å². The minimum Gasteiger partial charge on any atom is -0.496 e. The zero-order valence-electron chi connectivity index (χ0n) is 13.8. The Morgan fingerprint density at radius 3 is 2.52 bits per heavy atom. The lowest BCUT2D eigenvalue weighted by Gasteiger charge is -2.21. The fraction of sp³-hybridized carbons (Fsp3) is 0.556. The molecule has 5 nitrogen and oxygen atoms in total. The van der Waals surface area contributed by atoms with Gasteiger partial charge in [-0.2, -0.15) is 0 Å². The number of hydrogen-bond acceptors (Lipinski definition) is 3. The predicted molar refractivity (Wildman–Crippen MR) is 89.0 cm³/mol. The first-order valence-electron chi connectivity index (χ1n) is 8.38. The first-order chi connectivity index (χ1) is 11.2. The Morgan fingerprint density at radius 1 is 1.09 bits per heavy atom. The maximum absolute atomic E-state index is 11.8. The van der Waals surface area contributed by atoms with Crippen LogP contribution in [0.5, 0.6) is 5.75 Å². The van der Waals surface area contributed by atoms with Gasteiger partial charge in [-0.3, -0.25) is 9.59 Å². The van der Waals surface area contributed by atoms with Crippen molar-refractivity contribution in [3.8, 4) is 5.75 Å². The van der Waals surface area contributed by atoms with Crippen LogP contribution in [0, 0.1) is 5.92 Å². The number of carbonyl (C=O) groups is 2. The molecule has 5 heteroatoms. The second kappa shape index (κ2) is 9.18. The van der Waals surface area contributed by atoms with E-state index < -0.39 is 11.8 Å². The molecule has 0 radical (unpaired) electrons. The molecule has 1 aromatic carbocycles. The van der Waals surface area contributed by atoms with Gasteiger partial charge in [-0.15, -0.1) is 0 Å². The number of methoxy groups -OCH3 is 1. The van der Waals surface area contributed by atoms with E-state index in [1.54, 1.807) is 7.11 Å². The number of carbonyl (C=O) groups excluding carboxylic acids is 2. The van der Waals surface area contributed by atoms with Gasteiger partial charge in [0, 0.05) is 18.7 Å². The third-order valence-electron chi connectivity index (χ3n) is 4.40. The highest BCUT2D eigenvalue weighted by Gasteiger charge is 2.16. The number of benzene rings is 1. The molecule has 1 saturated carbocycles. The van der Waals surface area contributed by atoms with E-state index in [0.717, 1.165) is 12.0 Å². The Balaban J connectivity index is 1.69. The molecular weight excluding hydrogens is 292 g/mol. The molecule has 0 unspecified atom stereocenters.